The molecule has 0 fully saturated rings. The molecule has 0 aliphatic carbocycles. The van der Waals surface area contributed by atoms with Crippen molar-refractivity contribution in [2.45, 2.75) is 33.2 Å². The number of carbonyl (C=O) groups is 2. The van der Waals surface area contributed by atoms with E-state index in [-0.39, 0.29) is 0 Å². The number of carboxylic acid groups (broad SMARTS) is 2. The van der Waals surface area contributed by atoms with E-state index in [9.17, 15) is 9.59 Å². The van der Waals surface area contributed by atoms with E-state index in [1.807, 2.05) is 0 Å². The molecule has 0 amide bonds. The van der Waals surface area contributed by atoms with Crippen LogP contribution in [-0.4, -0.2) is 28.2 Å². The molecule has 0 saturated heterocycles. The standard InChI is InChI=1S/C4H7NO4.C4H10/c5-2(4(8)9)1-3(6)7;1-4(2)3/h2H,1,5H2,(H,6,7)(H,8,9);4H,1-3H3/t2-;/m0./s1. The Kier molecular flexibility index (Phi) is 8.37. The SMILES string of the molecule is CC(C)C.N[C@@H](CC(=O)O)C(=O)O. The molecule has 0 rings (SSSR count). The maximum Gasteiger partial charge on any atom is 0.321 e. The van der Waals surface area contributed by atoms with Gasteiger partial charge in [-0.2, -0.15) is 0 Å². The molecule has 0 aliphatic heterocycles. The molecule has 0 aromatic heterocycles. The predicted octanol–water partition coefficient (Wildman–Crippen LogP) is 0.535. The Morgan fingerprint density at radius 2 is 1.54 bits per heavy atom. The fourth-order valence-electron chi connectivity index (χ4n) is 0.275. The molecular weight excluding hydrogens is 174 g/mol. The molecule has 0 saturated carbocycles. The van der Waals surface area contributed by atoms with Crippen molar-refractivity contribution in [2.75, 3.05) is 0 Å². The Balaban J connectivity index is 0. The molecule has 0 aliphatic rings. The minimum Gasteiger partial charge on any atom is -0.481 e. The van der Waals surface area contributed by atoms with E-state index in [4.69, 9.17) is 15.9 Å². The zero-order valence-corrected chi connectivity index (χ0v) is 8.15. The lowest BCUT2D eigenvalue weighted by atomic mass is 10.2. The van der Waals surface area contributed by atoms with E-state index in [1.165, 1.54) is 0 Å². The average molecular weight is 191 g/mol. The summed E-state index contributed by atoms with van der Waals surface area (Å²) >= 11 is 0. The van der Waals surface area contributed by atoms with Crippen LogP contribution in [0.15, 0.2) is 0 Å². The maximum atomic E-state index is 9.85. The minimum absolute atomic E-state index is 0.532. The molecule has 0 aromatic rings. The number of hydrogen-bond donors (Lipinski definition) is 3. The van der Waals surface area contributed by atoms with Crippen LogP contribution in [0.4, 0.5) is 0 Å². The van der Waals surface area contributed by atoms with Crippen LogP contribution in [0.25, 0.3) is 0 Å². The lowest BCUT2D eigenvalue weighted by Gasteiger charge is -1.99. The third-order valence-electron chi connectivity index (χ3n) is 0.712. The Morgan fingerprint density at radius 1 is 1.23 bits per heavy atom. The topological polar surface area (TPSA) is 101 Å². The molecule has 5 nitrogen and oxygen atoms in total. The first kappa shape index (κ1) is 14.4. The van der Waals surface area contributed by atoms with Crippen molar-refractivity contribution in [3.05, 3.63) is 0 Å². The monoisotopic (exact) mass is 191 g/mol. The van der Waals surface area contributed by atoms with E-state index in [0.717, 1.165) is 5.92 Å². The summed E-state index contributed by atoms with van der Waals surface area (Å²) in [4.78, 5) is 19.6. The minimum atomic E-state index is -1.29. The molecule has 13 heavy (non-hydrogen) atoms. The number of rotatable bonds is 3. The molecule has 0 heterocycles. The van der Waals surface area contributed by atoms with Gasteiger partial charge in [-0.1, -0.05) is 20.8 Å². The summed E-state index contributed by atoms with van der Waals surface area (Å²) < 4.78 is 0. The first-order valence-electron chi connectivity index (χ1n) is 3.97. The lowest BCUT2D eigenvalue weighted by Crippen LogP contribution is -2.32. The Labute approximate surface area is 77.6 Å². The van der Waals surface area contributed by atoms with Crippen LogP contribution in [0, 0.1) is 5.92 Å². The van der Waals surface area contributed by atoms with Gasteiger partial charge < -0.3 is 15.9 Å². The highest BCUT2D eigenvalue weighted by Gasteiger charge is 2.14. The molecule has 0 bridgehead atoms. The summed E-state index contributed by atoms with van der Waals surface area (Å²) in [6.45, 7) is 6.50. The summed E-state index contributed by atoms with van der Waals surface area (Å²) in [6.07, 6.45) is -0.532. The van der Waals surface area contributed by atoms with Gasteiger partial charge in [0.15, 0.2) is 0 Å². The second kappa shape index (κ2) is 7.54. The molecule has 78 valence electrons. The quantitative estimate of drug-likeness (QED) is 0.604. The van der Waals surface area contributed by atoms with Crippen molar-refractivity contribution in [1.82, 2.24) is 0 Å². The number of hydrogen-bond acceptors (Lipinski definition) is 3. The smallest absolute Gasteiger partial charge is 0.321 e. The molecular formula is C8H17NO4. The first-order valence-corrected chi connectivity index (χ1v) is 3.97. The van der Waals surface area contributed by atoms with Crippen molar-refractivity contribution in [3.8, 4) is 0 Å². The highest BCUT2D eigenvalue weighted by atomic mass is 16.4. The van der Waals surface area contributed by atoms with Crippen molar-refractivity contribution >= 4 is 11.9 Å². The van der Waals surface area contributed by atoms with Crippen molar-refractivity contribution in [3.63, 3.8) is 0 Å². The van der Waals surface area contributed by atoms with Crippen molar-refractivity contribution in [1.29, 1.82) is 0 Å². The molecule has 5 heteroatoms. The Morgan fingerprint density at radius 3 is 1.62 bits per heavy atom. The third-order valence-corrected chi connectivity index (χ3v) is 0.712. The summed E-state index contributed by atoms with van der Waals surface area (Å²) in [7, 11) is 0. The normalized spacial score (nSPS) is 11.5. The second-order valence-corrected chi connectivity index (χ2v) is 3.27. The largest absolute Gasteiger partial charge is 0.481 e. The van der Waals surface area contributed by atoms with E-state index in [0.29, 0.717) is 0 Å². The maximum absolute atomic E-state index is 9.85. The van der Waals surface area contributed by atoms with Crippen LogP contribution in [0.5, 0.6) is 0 Å². The van der Waals surface area contributed by atoms with Crippen LogP contribution < -0.4 is 5.73 Å². The van der Waals surface area contributed by atoms with Crippen LogP contribution >= 0.6 is 0 Å². The summed E-state index contributed by atoms with van der Waals surface area (Å²) in [5.41, 5.74) is 4.84. The molecule has 0 unspecified atom stereocenters. The number of nitrogens with two attached hydrogens (primary N) is 1. The van der Waals surface area contributed by atoms with Gasteiger partial charge in [-0.05, 0) is 5.92 Å². The molecule has 0 aromatic carbocycles. The van der Waals surface area contributed by atoms with Crippen LogP contribution in [0.3, 0.4) is 0 Å². The molecule has 4 N–H and O–H groups in total. The van der Waals surface area contributed by atoms with E-state index < -0.39 is 24.4 Å². The van der Waals surface area contributed by atoms with Gasteiger partial charge in [0.2, 0.25) is 0 Å². The summed E-state index contributed by atoms with van der Waals surface area (Å²) in [5.74, 6) is -1.66. The average Bonchev–Trinajstić information content (AvgIpc) is 1.83. The number of carboxylic acids is 2. The fraction of sp³-hybridized carbons (Fsp3) is 0.750. The van der Waals surface area contributed by atoms with Gasteiger partial charge in [0.05, 0.1) is 6.42 Å². The second-order valence-electron chi connectivity index (χ2n) is 3.27. The van der Waals surface area contributed by atoms with Gasteiger partial charge in [-0.15, -0.1) is 0 Å². The van der Waals surface area contributed by atoms with E-state index >= 15 is 0 Å². The summed E-state index contributed by atoms with van der Waals surface area (Å²) in [5, 5.41) is 16.0. The highest BCUT2D eigenvalue weighted by Crippen LogP contribution is 1.86. The fourth-order valence-corrected chi connectivity index (χ4v) is 0.275. The van der Waals surface area contributed by atoms with E-state index in [1.54, 1.807) is 0 Å². The Bertz CT molecular complexity index is 165. The van der Waals surface area contributed by atoms with Crippen molar-refractivity contribution in [2.24, 2.45) is 11.7 Å². The van der Waals surface area contributed by atoms with Crippen molar-refractivity contribution < 1.29 is 19.8 Å². The molecule has 0 spiro atoms. The van der Waals surface area contributed by atoms with Gasteiger partial charge in [0, 0.05) is 0 Å². The lowest BCUT2D eigenvalue weighted by molar-refractivity contribution is -0.144. The molecule has 0 radical (unpaired) electrons. The van der Waals surface area contributed by atoms with Crippen LogP contribution in [0.1, 0.15) is 27.2 Å². The zero-order valence-electron chi connectivity index (χ0n) is 8.15. The first-order chi connectivity index (χ1) is 5.77. The predicted molar refractivity (Wildman–Crippen MR) is 48.4 cm³/mol. The third kappa shape index (κ3) is 18.1. The van der Waals surface area contributed by atoms with E-state index in [2.05, 4.69) is 20.8 Å². The van der Waals surface area contributed by atoms with Crippen LogP contribution in [0.2, 0.25) is 0 Å². The molecule has 1 atom stereocenters. The van der Waals surface area contributed by atoms with Gasteiger partial charge in [0.1, 0.15) is 6.04 Å². The number of aliphatic carboxylic acids is 2. The zero-order chi connectivity index (χ0) is 11.0. The Hall–Kier alpha value is -1.10. The van der Waals surface area contributed by atoms with Gasteiger partial charge in [0.25, 0.3) is 0 Å². The highest BCUT2D eigenvalue weighted by molar-refractivity contribution is 5.80. The van der Waals surface area contributed by atoms with Gasteiger partial charge >= 0.3 is 11.9 Å². The van der Waals surface area contributed by atoms with Gasteiger partial charge in [-0.3, -0.25) is 9.59 Å². The van der Waals surface area contributed by atoms with Crippen LogP contribution in [-0.2, 0) is 9.59 Å². The summed E-state index contributed by atoms with van der Waals surface area (Å²) in [6, 6.07) is -1.29. The van der Waals surface area contributed by atoms with Gasteiger partial charge in [-0.25, -0.2) is 0 Å².